The summed E-state index contributed by atoms with van der Waals surface area (Å²) in [5.74, 6) is 2.64. The molecular weight excluding hydrogens is 240 g/mol. The highest BCUT2D eigenvalue weighted by Gasteiger charge is 2.30. The Labute approximate surface area is 117 Å². The summed E-state index contributed by atoms with van der Waals surface area (Å²) in [5, 5.41) is 3.93. The third-order valence-electron chi connectivity index (χ3n) is 4.34. The largest absolute Gasteiger partial charge is 0.310 e. The Morgan fingerprint density at radius 1 is 1.17 bits per heavy atom. The summed E-state index contributed by atoms with van der Waals surface area (Å²) in [7, 11) is 0. The molecule has 2 aliphatic heterocycles. The lowest BCUT2D eigenvalue weighted by Gasteiger charge is -2.40. The average Bonchev–Trinajstić information content (AvgIpc) is 2.28. The minimum Gasteiger partial charge on any atom is -0.310 e. The summed E-state index contributed by atoms with van der Waals surface area (Å²) in [6.07, 6.45) is 4.02. The van der Waals surface area contributed by atoms with Crippen LogP contribution in [0.1, 0.15) is 47.0 Å². The van der Waals surface area contributed by atoms with Crippen molar-refractivity contribution in [1.82, 2.24) is 10.2 Å². The fraction of sp³-hybridized carbons (Fsp3) is 1.00. The first kappa shape index (κ1) is 14.7. The van der Waals surface area contributed by atoms with Crippen LogP contribution in [0.25, 0.3) is 0 Å². The van der Waals surface area contributed by atoms with Gasteiger partial charge in [0.2, 0.25) is 0 Å². The number of piperidine rings is 1. The molecule has 0 aromatic carbocycles. The van der Waals surface area contributed by atoms with Gasteiger partial charge in [0.05, 0.1) is 0 Å². The summed E-state index contributed by atoms with van der Waals surface area (Å²) < 4.78 is 0. The van der Waals surface area contributed by atoms with E-state index in [-0.39, 0.29) is 0 Å². The highest BCUT2D eigenvalue weighted by Crippen LogP contribution is 2.33. The third kappa shape index (κ3) is 4.14. The Kier molecular flexibility index (Phi) is 5.01. The zero-order chi connectivity index (χ0) is 13.2. The number of nitrogens with zero attached hydrogens (tertiary/aromatic N) is 1. The SMILES string of the molecule is CC(C)N1CCC(NC2CSCC(C)(C)C2)CC1. The van der Waals surface area contributed by atoms with E-state index in [9.17, 15) is 0 Å². The van der Waals surface area contributed by atoms with Crippen LogP contribution in [0.2, 0.25) is 0 Å². The molecule has 2 fully saturated rings. The Bertz CT molecular complexity index is 257. The van der Waals surface area contributed by atoms with E-state index in [1.807, 2.05) is 0 Å². The first-order valence-corrected chi connectivity index (χ1v) is 8.69. The zero-order valence-electron chi connectivity index (χ0n) is 12.5. The maximum absolute atomic E-state index is 3.93. The molecule has 18 heavy (non-hydrogen) atoms. The van der Waals surface area contributed by atoms with Crippen molar-refractivity contribution >= 4 is 11.8 Å². The van der Waals surface area contributed by atoms with Crippen LogP contribution in [-0.4, -0.2) is 47.6 Å². The molecule has 0 saturated carbocycles. The van der Waals surface area contributed by atoms with Gasteiger partial charge in [-0.15, -0.1) is 0 Å². The van der Waals surface area contributed by atoms with Crippen LogP contribution in [0.15, 0.2) is 0 Å². The molecular formula is C15H30N2S. The third-order valence-corrected chi connectivity index (χ3v) is 5.97. The Hall–Kier alpha value is 0.270. The van der Waals surface area contributed by atoms with Gasteiger partial charge in [-0.25, -0.2) is 0 Å². The van der Waals surface area contributed by atoms with E-state index < -0.39 is 0 Å². The summed E-state index contributed by atoms with van der Waals surface area (Å²) in [4.78, 5) is 2.61. The summed E-state index contributed by atoms with van der Waals surface area (Å²) in [6.45, 7) is 12.0. The van der Waals surface area contributed by atoms with Crippen LogP contribution in [-0.2, 0) is 0 Å². The van der Waals surface area contributed by atoms with Crippen molar-refractivity contribution in [3.63, 3.8) is 0 Å². The normalized spacial score (nSPS) is 30.8. The zero-order valence-corrected chi connectivity index (χ0v) is 13.4. The van der Waals surface area contributed by atoms with Gasteiger partial charge in [0.25, 0.3) is 0 Å². The lowest BCUT2D eigenvalue weighted by atomic mass is 9.87. The maximum Gasteiger partial charge on any atom is 0.0166 e. The predicted octanol–water partition coefficient (Wildman–Crippen LogP) is 2.98. The summed E-state index contributed by atoms with van der Waals surface area (Å²) in [6, 6.07) is 2.23. The van der Waals surface area contributed by atoms with Gasteiger partial charge in [-0.3, -0.25) is 0 Å². The smallest absolute Gasteiger partial charge is 0.0166 e. The Morgan fingerprint density at radius 2 is 1.83 bits per heavy atom. The standard InChI is InChI=1S/C15H30N2S/c1-12(2)17-7-5-13(6-8-17)16-14-9-15(3,4)11-18-10-14/h12-14,16H,5-11H2,1-4H3. The number of likely N-dealkylation sites (tertiary alicyclic amines) is 1. The molecule has 3 heteroatoms. The fourth-order valence-corrected chi connectivity index (χ4v) is 4.57. The van der Waals surface area contributed by atoms with Gasteiger partial charge < -0.3 is 10.2 Å². The molecule has 0 aromatic heterocycles. The summed E-state index contributed by atoms with van der Waals surface area (Å²) in [5.41, 5.74) is 0.527. The number of hydrogen-bond donors (Lipinski definition) is 1. The molecule has 0 aromatic rings. The second-order valence-corrected chi connectivity index (χ2v) is 8.18. The fourth-order valence-electron chi connectivity index (χ4n) is 3.29. The van der Waals surface area contributed by atoms with Gasteiger partial charge in [-0.2, -0.15) is 11.8 Å². The van der Waals surface area contributed by atoms with Crippen molar-refractivity contribution in [2.75, 3.05) is 24.6 Å². The topological polar surface area (TPSA) is 15.3 Å². The minimum absolute atomic E-state index is 0.527. The van der Waals surface area contributed by atoms with Crippen molar-refractivity contribution in [3.05, 3.63) is 0 Å². The Balaban J connectivity index is 1.74. The van der Waals surface area contributed by atoms with Crippen LogP contribution in [0.4, 0.5) is 0 Å². The molecule has 2 rings (SSSR count). The van der Waals surface area contributed by atoms with Crippen LogP contribution >= 0.6 is 11.8 Å². The van der Waals surface area contributed by atoms with Crippen molar-refractivity contribution < 1.29 is 0 Å². The number of nitrogens with one attached hydrogen (secondary N) is 1. The Morgan fingerprint density at radius 3 is 2.39 bits per heavy atom. The second-order valence-electron chi connectivity index (χ2n) is 7.15. The molecule has 2 heterocycles. The van der Waals surface area contributed by atoms with E-state index in [4.69, 9.17) is 0 Å². The summed E-state index contributed by atoms with van der Waals surface area (Å²) >= 11 is 2.13. The number of rotatable bonds is 3. The van der Waals surface area contributed by atoms with Crippen molar-refractivity contribution in [2.45, 2.75) is 65.1 Å². The minimum atomic E-state index is 0.527. The van der Waals surface area contributed by atoms with Crippen molar-refractivity contribution in [2.24, 2.45) is 5.41 Å². The van der Waals surface area contributed by atoms with E-state index in [2.05, 4.69) is 49.7 Å². The first-order chi connectivity index (χ1) is 8.46. The van der Waals surface area contributed by atoms with Gasteiger partial charge in [0.15, 0.2) is 0 Å². The van der Waals surface area contributed by atoms with Crippen molar-refractivity contribution in [3.8, 4) is 0 Å². The number of thioether (sulfide) groups is 1. The van der Waals surface area contributed by atoms with Crippen LogP contribution < -0.4 is 5.32 Å². The predicted molar refractivity (Wildman–Crippen MR) is 82.4 cm³/mol. The molecule has 0 radical (unpaired) electrons. The molecule has 0 spiro atoms. The quantitative estimate of drug-likeness (QED) is 0.849. The van der Waals surface area contributed by atoms with Gasteiger partial charge >= 0.3 is 0 Å². The van der Waals surface area contributed by atoms with Gasteiger partial charge in [-0.1, -0.05) is 13.8 Å². The molecule has 0 bridgehead atoms. The van der Waals surface area contributed by atoms with Gasteiger partial charge in [-0.05, 0) is 57.4 Å². The van der Waals surface area contributed by atoms with Crippen LogP contribution in [0, 0.1) is 5.41 Å². The molecule has 0 aliphatic carbocycles. The number of hydrogen-bond acceptors (Lipinski definition) is 3. The maximum atomic E-state index is 3.93. The van der Waals surface area contributed by atoms with Crippen LogP contribution in [0.5, 0.6) is 0 Å². The molecule has 2 saturated heterocycles. The van der Waals surface area contributed by atoms with E-state index in [1.165, 1.54) is 43.9 Å². The first-order valence-electron chi connectivity index (χ1n) is 7.54. The lowest BCUT2D eigenvalue weighted by molar-refractivity contribution is 0.153. The van der Waals surface area contributed by atoms with Crippen molar-refractivity contribution in [1.29, 1.82) is 0 Å². The molecule has 1 unspecified atom stereocenters. The molecule has 0 amide bonds. The van der Waals surface area contributed by atoms with E-state index in [0.29, 0.717) is 5.41 Å². The highest BCUT2D eigenvalue weighted by molar-refractivity contribution is 7.99. The lowest BCUT2D eigenvalue weighted by Crippen LogP contribution is -2.50. The van der Waals surface area contributed by atoms with Gasteiger partial charge in [0.1, 0.15) is 0 Å². The highest BCUT2D eigenvalue weighted by atomic mass is 32.2. The molecule has 106 valence electrons. The van der Waals surface area contributed by atoms with Gasteiger partial charge in [0, 0.05) is 23.9 Å². The molecule has 2 aliphatic rings. The molecule has 2 nitrogen and oxygen atoms in total. The molecule has 1 atom stereocenters. The monoisotopic (exact) mass is 270 g/mol. The van der Waals surface area contributed by atoms with E-state index in [1.54, 1.807) is 0 Å². The second kappa shape index (κ2) is 6.15. The van der Waals surface area contributed by atoms with E-state index in [0.717, 1.165) is 18.1 Å². The molecule has 1 N–H and O–H groups in total. The van der Waals surface area contributed by atoms with E-state index >= 15 is 0 Å². The average molecular weight is 270 g/mol. The van der Waals surface area contributed by atoms with Crippen LogP contribution in [0.3, 0.4) is 0 Å².